The van der Waals surface area contributed by atoms with Crippen LogP contribution >= 0.6 is 11.8 Å². The molecular weight excluding hydrogens is 452 g/mol. The van der Waals surface area contributed by atoms with Crippen molar-refractivity contribution in [1.82, 2.24) is 9.80 Å². The van der Waals surface area contributed by atoms with E-state index >= 15 is 0 Å². The van der Waals surface area contributed by atoms with Gasteiger partial charge in [0.05, 0.1) is 4.91 Å². The van der Waals surface area contributed by atoms with Gasteiger partial charge in [-0.3, -0.25) is 19.3 Å². The number of hydrogen-bond acceptors (Lipinski definition) is 6. The average Bonchev–Trinajstić information content (AvgIpc) is 3.11. The fraction of sp³-hybridized carbons (Fsp3) is 0.346. The van der Waals surface area contributed by atoms with E-state index in [1.807, 2.05) is 55.5 Å². The third kappa shape index (κ3) is 6.20. The van der Waals surface area contributed by atoms with E-state index in [4.69, 9.17) is 9.47 Å². The first kappa shape index (κ1) is 23.9. The molecule has 2 heterocycles. The number of nitrogens with zero attached hydrogens (tertiary/aromatic N) is 2. The fourth-order valence-corrected chi connectivity index (χ4v) is 4.62. The molecule has 0 aromatic heterocycles. The summed E-state index contributed by atoms with van der Waals surface area (Å²) in [6, 6.07) is 15.1. The van der Waals surface area contributed by atoms with Crippen LogP contribution in [-0.4, -0.2) is 59.7 Å². The zero-order valence-corrected chi connectivity index (χ0v) is 20.0. The summed E-state index contributed by atoms with van der Waals surface area (Å²) in [7, 11) is 0. The molecule has 8 heteroatoms. The minimum absolute atomic E-state index is 0.170. The van der Waals surface area contributed by atoms with Gasteiger partial charge in [0.15, 0.2) is 0 Å². The van der Waals surface area contributed by atoms with Crippen molar-refractivity contribution in [3.05, 3.63) is 64.6 Å². The van der Waals surface area contributed by atoms with E-state index in [0.717, 1.165) is 47.2 Å². The summed E-state index contributed by atoms with van der Waals surface area (Å²) in [6.45, 7) is 4.04. The van der Waals surface area contributed by atoms with E-state index in [0.29, 0.717) is 37.0 Å². The van der Waals surface area contributed by atoms with Crippen LogP contribution in [-0.2, 0) is 9.59 Å². The first-order chi connectivity index (χ1) is 16.5. The van der Waals surface area contributed by atoms with Crippen molar-refractivity contribution in [3.8, 4) is 11.5 Å². The maximum absolute atomic E-state index is 12.7. The molecular formula is C26H28N2O5S. The van der Waals surface area contributed by atoms with Gasteiger partial charge in [0.1, 0.15) is 31.3 Å². The highest BCUT2D eigenvalue weighted by molar-refractivity contribution is 8.18. The molecule has 0 radical (unpaired) electrons. The van der Waals surface area contributed by atoms with Gasteiger partial charge in [0, 0.05) is 13.1 Å². The molecule has 0 spiro atoms. The van der Waals surface area contributed by atoms with Crippen LogP contribution in [0.4, 0.5) is 4.79 Å². The Morgan fingerprint density at radius 2 is 1.50 bits per heavy atom. The third-order valence-corrected chi connectivity index (χ3v) is 6.60. The van der Waals surface area contributed by atoms with Crippen LogP contribution < -0.4 is 9.47 Å². The Labute approximate surface area is 203 Å². The molecule has 0 N–H and O–H groups in total. The SMILES string of the molecule is Cc1ccc(OCCOc2ccc(/C=C3\SC(=O)N(CC(=O)N4CCCCC4)C3=O)cc2)cc1. The highest BCUT2D eigenvalue weighted by Crippen LogP contribution is 2.32. The first-order valence-corrected chi connectivity index (χ1v) is 12.3. The highest BCUT2D eigenvalue weighted by atomic mass is 32.2. The van der Waals surface area contributed by atoms with Crippen LogP contribution in [0.5, 0.6) is 11.5 Å². The molecule has 0 atom stereocenters. The maximum Gasteiger partial charge on any atom is 0.294 e. The van der Waals surface area contributed by atoms with Crippen molar-refractivity contribution >= 4 is 34.9 Å². The standard InChI is InChI=1S/C26H28N2O5S/c1-19-5-9-21(10-6-19)32-15-16-33-22-11-7-20(8-12-22)17-23-25(30)28(26(31)34-23)18-24(29)27-13-3-2-4-14-27/h5-12,17H,2-4,13-16,18H2,1H3/b23-17-. The van der Waals surface area contributed by atoms with Gasteiger partial charge in [-0.1, -0.05) is 29.8 Å². The molecule has 3 amide bonds. The van der Waals surface area contributed by atoms with Crippen molar-refractivity contribution in [2.24, 2.45) is 0 Å². The zero-order valence-electron chi connectivity index (χ0n) is 19.2. The lowest BCUT2D eigenvalue weighted by atomic mass is 10.1. The summed E-state index contributed by atoms with van der Waals surface area (Å²) in [5.74, 6) is 0.895. The van der Waals surface area contributed by atoms with Gasteiger partial charge in [-0.25, -0.2) is 0 Å². The van der Waals surface area contributed by atoms with Crippen LogP contribution in [0.25, 0.3) is 6.08 Å². The number of ether oxygens (including phenoxy) is 2. The van der Waals surface area contributed by atoms with E-state index in [2.05, 4.69) is 0 Å². The lowest BCUT2D eigenvalue weighted by Gasteiger charge is -2.27. The Kier molecular flexibility index (Phi) is 7.90. The highest BCUT2D eigenvalue weighted by Gasteiger charge is 2.37. The number of rotatable bonds is 8. The molecule has 34 heavy (non-hydrogen) atoms. The van der Waals surface area contributed by atoms with Gasteiger partial charge in [-0.05, 0) is 73.9 Å². The number of piperidine rings is 1. The lowest BCUT2D eigenvalue weighted by molar-refractivity contribution is -0.136. The van der Waals surface area contributed by atoms with E-state index in [9.17, 15) is 14.4 Å². The average molecular weight is 481 g/mol. The maximum atomic E-state index is 12.7. The predicted octanol–water partition coefficient (Wildman–Crippen LogP) is 4.50. The molecule has 0 aliphatic carbocycles. The zero-order chi connectivity index (χ0) is 23.9. The Hall–Kier alpha value is -3.26. The van der Waals surface area contributed by atoms with Gasteiger partial charge in [-0.2, -0.15) is 0 Å². The van der Waals surface area contributed by atoms with Gasteiger partial charge in [0.25, 0.3) is 11.1 Å². The molecule has 7 nitrogen and oxygen atoms in total. The molecule has 2 aromatic carbocycles. The van der Waals surface area contributed by atoms with Gasteiger partial charge in [-0.15, -0.1) is 0 Å². The van der Waals surface area contributed by atoms with Gasteiger partial charge < -0.3 is 14.4 Å². The summed E-state index contributed by atoms with van der Waals surface area (Å²) in [5.41, 5.74) is 1.95. The van der Waals surface area contributed by atoms with Crippen molar-refractivity contribution < 1.29 is 23.9 Å². The Morgan fingerprint density at radius 1 is 0.912 bits per heavy atom. The van der Waals surface area contributed by atoms with Crippen LogP contribution in [0.2, 0.25) is 0 Å². The molecule has 0 unspecified atom stereocenters. The molecule has 4 rings (SSSR count). The number of thioether (sulfide) groups is 1. The smallest absolute Gasteiger partial charge is 0.294 e. The van der Waals surface area contributed by atoms with Crippen LogP contribution in [0.1, 0.15) is 30.4 Å². The number of amides is 3. The molecule has 178 valence electrons. The molecule has 2 saturated heterocycles. The number of aryl methyl sites for hydroxylation is 1. The first-order valence-electron chi connectivity index (χ1n) is 11.4. The second-order valence-electron chi connectivity index (χ2n) is 8.29. The van der Waals surface area contributed by atoms with E-state index in [-0.39, 0.29) is 12.5 Å². The molecule has 2 aliphatic rings. The van der Waals surface area contributed by atoms with E-state index < -0.39 is 11.1 Å². The number of benzene rings is 2. The Morgan fingerprint density at radius 3 is 2.12 bits per heavy atom. The normalized spacial score (nSPS) is 17.4. The van der Waals surface area contributed by atoms with Gasteiger partial charge >= 0.3 is 0 Å². The third-order valence-electron chi connectivity index (χ3n) is 5.70. The van der Waals surface area contributed by atoms with Crippen molar-refractivity contribution in [1.29, 1.82) is 0 Å². The van der Waals surface area contributed by atoms with E-state index in [1.165, 1.54) is 5.56 Å². The van der Waals surface area contributed by atoms with Crippen molar-refractivity contribution in [2.45, 2.75) is 26.2 Å². The quantitative estimate of drug-likeness (QED) is 0.409. The molecule has 2 aromatic rings. The monoisotopic (exact) mass is 480 g/mol. The number of imide groups is 1. The molecule has 2 aliphatic heterocycles. The lowest BCUT2D eigenvalue weighted by Crippen LogP contribution is -2.44. The number of hydrogen-bond donors (Lipinski definition) is 0. The number of carbonyl (C=O) groups is 3. The summed E-state index contributed by atoms with van der Waals surface area (Å²) >= 11 is 0.865. The summed E-state index contributed by atoms with van der Waals surface area (Å²) in [5, 5.41) is -0.407. The minimum atomic E-state index is -0.422. The second-order valence-corrected chi connectivity index (χ2v) is 9.28. The Bertz CT molecular complexity index is 1060. The fourth-order valence-electron chi connectivity index (χ4n) is 3.78. The minimum Gasteiger partial charge on any atom is -0.490 e. The molecule has 0 saturated carbocycles. The molecule has 2 fully saturated rings. The molecule has 0 bridgehead atoms. The van der Waals surface area contributed by atoms with Crippen LogP contribution in [0.15, 0.2) is 53.4 Å². The number of carbonyl (C=O) groups excluding carboxylic acids is 3. The van der Waals surface area contributed by atoms with Gasteiger partial charge in [0.2, 0.25) is 5.91 Å². The summed E-state index contributed by atoms with van der Waals surface area (Å²) in [4.78, 5) is 40.6. The topological polar surface area (TPSA) is 76.2 Å². The predicted molar refractivity (Wildman–Crippen MR) is 132 cm³/mol. The summed E-state index contributed by atoms with van der Waals surface area (Å²) in [6.07, 6.45) is 4.71. The number of likely N-dealkylation sites (tertiary alicyclic amines) is 1. The largest absolute Gasteiger partial charge is 0.490 e. The summed E-state index contributed by atoms with van der Waals surface area (Å²) < 4.78 is 11.4. The van der Waals surface area contributed by atoms with Crippen LogP contribution in [0.3, 0.4) is 0 Å². The van der Waals surface area contributed by atoms with Crippen LogP contribution in [0, 0.1) is 6.92 Å². The van der Waals surface area contributed by atoms with E-state index in [1.54, 1.807) is 11.0 Å². The van der Waals surface area contributed by atoms with Crippen molar-refractivity contribution in [3.63, 3.8) is 0 Å². The van der Waals surface area contributed by atoms with Crippen molar-refractivity contribution in [2.75, 3.05) is 32.8 Å². The Balaban J connectivity index is 1.27. The second kappa shape index (κ2) is 11.2.